The van der Waals surface area contributed by atoms with Gasteiger partial charge < -0.3 is 15.7 Å². The first-order valence-electron chi connectivity index (χ1n) is 14.2. The molecule has 0 bridgehead atoms. The molecule has 0 aliphatic carbocycles. The average molecular weight is 668 g/mol. The van der Waals surface area contributed by atoms with Gasteiger partial charge in [0.25, 0.3) is 0 Å². The maximum Gasteiger partial charge on any atom is 0.243 e. The number of benzene rings is 4. The quantitative estimate of drug-likeness (QED) is 0.204. The zero-order valence-electron chi connectivity index (χ0n) is 24.1. The number of amides is 2. The summed E-state index contributed by atoms with van der Waals surface area (Å²) in [4.78, 5) is 29.5. The van der Waals surface area contributed by atoms with Crippen molar-refractivity contribution in [1.82, 2.24) is 9.62 Å². The van der Waals surface area contributed by atoms with E-state index in [1.54, 1.807) is 42.5 Å². The minimum Gasteiger partial charge on any atom is -0.508 e. The number of sulfonamides is 1. The number of rotatable bonds is 12. The first kappa shape index (κ1) is 32.5. The molecular weight excluding hydrogens is 635 g/mol. The largest absolute Gasteiger partial charge is 0.508 e. The van der Waals surface area contributed by atoms with Gasteiger partial charge in [-0.15, -0.1) is 0 Å². The van der Waals surface area contributed by atoms with Crippen LogP contribution in [-0.4, -0.2) is 61.2 Å². The fourth-order valence-corrected chi connectivity index (χ4v) is 6.94. The topological polar surface area (TPSA) is 133 Å². The van der Waals surface area contributed by atoms with Crippen molar-refractivity contribution >= 4 is 50.7 Å². The molecule has 4 N–H and O–H groups in total. The number of hydrogen-bond donors (Lipinski definition) is 3. The number of aromatic hydroxyl groups is 1. The molecule has 1 aliphatic rings. The van der Waals surface area contributed by atoms with Gasteiger partial charge in [0, 0.05) is 34.9 Å². The van der Waals surface area contributed by atoms with Gasteiger partial charge >= 0.3 is 0 Å². The van der Waals surface area contributed by atoms with Crippen molar-refractivity contribution in [2.45, 2.75) is 24.5 Å². The van der Waals surface area contributed by atoms with Crippen molar-refractivity contribution in [3.8, 4) is 5.75 Å². The molecule has 5 rings (SSSR count). The lowest BCUT2D eigenvalue weighted by Gasteiger charge is -2.49. The lowest BCUT2D eigenvalue weighted by molar-refractivity contribution is -0.120. The minimum absolute atomic E-state index is 0.0359. The highest BCUT2D eigenvalue weighted by Crippen LogP contribution is 2.36. The first-order valence-corrected chi connectivity index (χ1v) is 16.6. The Morgan fingerprint density at radius 1 is 0.889 bits per heavy atom. The molecule has 1 unspecified atom stereocenters. The van der Waals surface area contributed by atoms with Crippen molar-refractivity contribution in [1.29, 1.82) is 0 Å². The van der Waals surface area contributed by atoms with E-state index >= 15 is 0 Å². The Morgan fingerprint density at radius 2 is 1.47 bits per heavy atom. The SMILES string of the molecule is NC(=O)C(Cc1ccccc1)NS(=O)(=O)CC(=O)N(c1cccc(O)c1)C1CN(C(c2ccc(Cl)cc2)c2ccc(Cl)cc2)C1. The van der Waals surface area contributed by atoms with Gasteiger partial charge in [-0.1, -0.05) is 83.9 Å². The number of anilines is 1. The van der Waals surface area contributed by atoms with Crippen LogP contribution in [0.3, 0.4) is 0 Å². The molecule has 0 spiro atoms. The lowest BCUT2D eigenvalue weighted by atomic mass is 9.92. The standard InChI is InChI=1S/C33H32Cl2N4O5S/c34-25-13-9-23(10-14-25)32(24-11-15-26(35)16-12-24)38-19-28(20-38)39(27-7-4-8-29(40)18-27)31(41)21-45(43,44)37-30(33(36)42)17-22-5-2-1-3-6-22/h1-16,18,28,30,32,37,40H,17,19-21H2,(H2,36,42). The van der Waals surface area contributed by atoms with Gasteiger partial charge in [-0.2, -0.15) is 0 Å². The predicted octanol–water partition coefficient (Wildman–Crippen LogP) is 4.52. The summed E-state index contributed by atoms with van der Waals surface area (Å²) in [6.45, 7) is 0.811. The number of nitrogens with zero attached hydrogens (tertiary/aromatic N) is 2. The van der Waals surface area contributed by atoms with E-state index in [-0.39, 0.29) is 18.2 Å². The number of halogens is 2. The van der Waals surface area contributed by atoms with Crippen LogP contribution in [0.1, 0.15) is 22.7 Å². The average Bonchev–Trinajstić information content (AvgIpc) is 2.97. The molecular formula is C33H32Cl2N4O5S. The van der Waals surface area contributed by atoms with Gasteiger partial charge in [-0.25, -0.2) is 13.1 Å². The highest BCUT2D eigenvalue weighted by atomic mass is 35.5. The molecule has 1 fully saturated rings. The van der Waals surface area contributed by atoms with Gasteiger partial charge in [0.15, 0.2) is 0 Å². The predicted molar refractivity (Wildman–Crippen MR) is 176 cm³/mol. The zero-order chi connectivity index (χ0) is 32.1. The van der Waals surface area contributed by atoms with E-state index in [2.05, 4.69) is 9.62 Å². The van der Waals surface area contributed by atoms with E-state index in [9.17, 15) is 23.1 Å². The molecule has 234 valence electrons. The number of primary amides is 1. The van der Waals surface area contributed by atoms with Crippen LogP contribution in [0.25, 0.3) is 0 Å². The third kappa shape index (κ3) is 8.22. The molecule has 1 saturated heterocycles. The molecule has 4 aromatic carbocycles. The van der Waals surface area contributed by atoms with Gasteiger partial charge in [-0.3, -0.25) is 14.5 Å². The first-order chi connectivity index (χ1) is 21.5. The molecule has 0 saturated carbocycles. The number of likely N-dealkylation sites (tertiary alicyclic amines) is 1. The zero-order valence-corrected chi connectivity index (χ0v) is 26.4. The lowest BCUT2D eigenvalue weighted by Crippen LogP contribution is -2.63. The Morgan fingerprint density at radius 3 is 2.00 bits per heavy atom. The third-order valence-corrected chi connectivity index (χ3v) is 9.40. The number of nitrogens with two attached hydrogens (primary N) is 1. The summed E-state index contributed by atoms with van der Waals surface area (Å²) < 4.78 is 28.8. The minimum atomic E-state index is -4.29. The van der Waals surface area contributed by atoms with Crippen molar-refractivity contribution in [3.63, 3.8) is 0 Å². The van der Waals surface area contributed by atoms with Crippen LogP contribution < -0.4 is 15.4 Å². The van der Waals surface area contributed by atoms with E-state index in [1.807, 2.05) is 48.5 Å². The second-order valence-electron chi connectivity index (χ2n) is 10.9. The number of nitrogens with one attached hydrogen (secondary N) is 1. The fourth-order valence-electron chi connectivity index (χ4n) is 5.51. The summed E-state index contributed by atoms with van der Waals surface area (Å²) in [5, 5.41) is 11.4. The molecule has 1 atom stereocenters. The maximum absolute atomic E-state index is 13.8. The van der Waals surface area contributed by atoms with Crippen LogP contribution in [0.4, 0.5) is 5.69 Å². The van der Waals surface area contributed by atoms with Crippen molar-refractivity contribution in [2.75, 3.05) is 23.7 Å². The molecule has 4 aromatic rings. The summed E-state index contributed by atoms with van der Waals surface area (Å²) >= 11 is 12.3. The molecule has 0 radical (unpaired) electrons. The molecule has 1 heterocycles. The summed E-state index contributed by atoms with van der Waals surface area (Å²) in [6.07, 6.45) is 0.0359. The van der Waals surface area contributed by atoms with E-state index in [1.165, 1.54) is 17.0 Å². The van der Waals surface area contributed by atoms with Crippen LogP contribution in [0.2, 0.25) is 10.0 Å². The smallest absolute Gasteiger partial charge is 0.243 e. The molecule has 12 heteroatoms. The molecule has 0 aromatic heterocycles. The van der Waals surface area contributed by atoms with E-state index in [4.69, 9.17) is 28.9 Å². The van der Waals surface area contributed by atoms with Gasteiger partial charge in [0.05, 0.1) is 12.1 Å². The maximum atomic E-state index is 13.8. The number of phenolic OH excluding ortho intramolecular Hbond substituents is 1. The van der Waals surface area contributed by atoms with Crippen LogP contribution in [0.5, 0.6) is 5.75 Å². The van der Waals surface area contributed by atoms with Crippen LogP contribution >= 0.6 is 23.2 Å². The Bertz CT molecular complexity index is 1700. The van der Waals surface area contributed by atoms with Gasteiger partial charge in [0.2, 0.25) is 21.8 Å². The summed E-state index contributed by atoms with van der Waals surface area (Å²) in [6, 6.07) is 28.1. The van der Waals surface area contributed by atoms with Crippen molar-refractivity contribution < 1.29 is 23.1 Å². The summed E-state index contributed by atoms with van der Waals surface area (Å²) in [5.41, 5.74) is 8.55. The van der Waals surface area contributed by atoms with Crippen molar-refractivity contribution in [3.05, 3.63) is 130 Å². The normalized spacial score (nSPS) is 14.6. The van der Waals surface area contributed by atoms with Crippen LogP contribution in [0, 0.1) is 0 Å². The second kappa shape index (κ2) is 14.0. The Labute approximate surface area is 272 Å². The number of carbonyl (C=O) groups excluding carboxylic acids is 2. The summed E-state index contributed by atoms with van der Waals surface area (Å²) in [5.74, 6) is -2.56. The molecule has 1 aliphatic heterocycles. The fraction of sp³-hybridized carbons (Fsp3) is 0.212. The molecule has 45 heavy (non-hydrogen) atoms. The Balaban J connectivity index is 1.37. The molecule has 2 amide bonds. The number of carbonyl (C=O) groups is 2. The van der Waals surface area contributed by atoms with Gasteiger partial charge in [-0.05, 0) is 59.5 Å². The molecule has 9 nitrogen and oxygen atoms in total. The second-order valence-corrected chi connectivity index (χ2v) is 13.5. The van der Waals surface area contributed by atoms with E-state index in [0.717, 1.165) is 11.1 Å². The number of phenols is 1. The van der Waals surface area contributed by atoms with Crippen LogP contribution in [0.15, 0.2) is 103 Å². The number of hydrogen-bond acceptors (Lipinski definition) is 6. The summed E-state index contributed by atoms with van der Waals surface area (Å²) in [7, 11) is -4.29. The van der Waals surface area contributed by atoms with E-state index < -0.39 is 39.7 Å². The Kier molecular flexibility index (Phi) is 10.1. The van der Waals surface area contributed by atoms with Crippen LogP contribution in [-0.2, 0) is 26.0 Å². The Hall–Kier alpha value is -3.93. The van der Waals surface area contributed by atoms with Gasteiger partial charge in [0.1, 0.15) is 17.5 Å². The highest BCUT2D eigenvalue weighted by Gasteiger charge is 2.41. The monoisotopic (exact) mass is 666 g/mol. The van der Waals surface area contributed by atoms with E-state index in [0.29, 0.717) is 34.4 Å². The third-order valence-electron chi connectivity index (χ3n) is 7.63. The highest BCUT2D eigenvalue weighted by molar-refractivity contribution is 7.90. The van der Waals surface area contributed by atoms with Crippen molar-refractivity contribution in [2.24, 2.45) is 5.73 Å².